The smallest absolute Gasteiger partial charge is 0.324 e. The number of aliphatic carboxylic acids is 1. The van der Waals surface area contributed by atoms with Crippen molar-refractivity contribution in [2.24, 2.45) is 5.73 Å². The highest BCUT2D eigenvalue weighted by atomic mass is 16.4. The van der Waals surface area contributed by atoms with Gasteiger partial charge in [0.1, 0.15) is 5.54 Å². The molecule has 22 heavy (non-hydrogen) atoms. The second-order valence-corrected chi connectivity index (χ2v) is 5.70. The summed E-state index contributed by atoms with van der Waals surface area (Å²) in [5, 5.41) is 9.83. The molecule has 2 aromatic carbocycles. The predicted molar refractivity (Wildman–Crippen MR) is 88.8 cm³/mol. The summed E-state index contributed by atoms with van der Waals surface area (Å²) in [5.74, 6) is -1.31. The van der Waals surface area contributed by atoms with Gasteiger partial charge < -0.3 is 10.8 Å². The fraction of sp³-hybridized carbons (Fsp3) is 0.316. The molecule has 0 aliphatic carbocycles. The van der Waals surface area contributed by atoms with Gasteiger partial charge in [-0.2, -0.15) is 0 Å². The largest absolute Gasteiger partial charge is 0.480 e. The van der Waals surface area contributed by atoms with Gasteiger partial charge in [-0.1, -0.05) is 80.4 Å². The highest BCUT2D eigenvalue weighted by Crippen LogP contribution is 2.36. The average Bonchev–Trinajstić information content (AvgIpc) is 2.55. The van der Waals surface area contributed by atoms with Gasteiger partial charge in [0.2, 0.25) is 0 Å². The van der Waals surface area contributed by atoms with Crippen LogP contribution < -0.4 is 5.73 Å². The molecule has 0 saturated carbocycles. The third-order valence-corrected chi connectivity index (χ3v) is 4.12. The van der Waals surface area contributed by atoms with Crippen LogP contribution in [0.2, 0.25) is 0 Å². The summed E-state index contributed by atoms with van der Waals surface area (Å²) in [6.07, 6.45) is 2.16. The van der Waals surface area contributed by atoms with Crippen LogP contribution in [0.5, 0.6) is 0 Å². The number of rotatable bonds is 7. The molecule has 0 unspecified atom stereocenters. The number of carboxylic acids is 1. The first-order valence-electron chi connectivity index (χ1n) is 7.71. The third-order valence-electron chi connectivity index (χ3n) is 4.12. The molecule has 0 amide bonds. The quantitative estimate of drug-likeness (QED) is 0.817. The van der Waals surface area contributed by atoms with Gasteiger partial charge in [-0.25, -0.2) is 0 Å². The number of unbranched alkanes of at least 4 members (excludes halogenated alkanes) is 1. The maximum atomic E-state index is 12.0. The molecule has 3 heteroatoms. The molecule has 0 aliphatic rings. The van der Waals surface area contributed by atoms with Gasteiger partial charge in [0.25, 0.3) is 0 Å². The van der Waals surface area contributed by atoms with Crippen molar-refractivity contribution in [3.05, 3.63) is 71.8 Å². The zero-order valence-electron chi connectivity index (χ0n) is 12.9. The van der Waals surface area contributed by atoms with Crippen LogP contribution >= 0.6 is 0 Å². The lowest BCUT2D eigenvalue weighted by Crippen LogP contribution is -2.53. The zero-order chi connectivity index (χ0) is 16.0. The summed E-state index contributed by atoms with van der Waals surface area (Å²) in [6.45, 7) is 2.04. The van der Waals surface area contributed by atoms with E-state index in [-0.39, 0.29) is 5.92 Å². The molecule has 2 aromatic rings. The van der Waals surface area contributed by atoms with Crippen LogP contribution in [0.3, 0.4) is 0 Å². The SMILES string of the molecule is CCCC[C@@](N)(C(=O)O)C(c1ccccc1)c1ccccc1. The Bertz CT molecular complexity index is 558. The first kappa shape index (κ1) is 16.2. The number of nitrogens with two attached hydrogens (primary N) is 1. The second-order valence-electron chi connectivity index (χ2n) is 5.70. The van der Waals surface area contributed by atoms with E-state index in [0.717, 1.165) is 24.0 Å². The van der Waals surface area contributed by atoms with Crippen molar-refractivity contribution in [1.29, 1.82) is 0 Å². The molecule has 0 saturated heterocycles. The van der Waals surface area contributed by atoms with Gasteiger partial charge >= 0.3 is 5.97 Å². The Morgan fingerprint density at radius 3 is 1.86 bits per heavy atom. The molecule has 0 radical (unpaired) electrons. The first-order chi connectivity index (χ1) is 10.6. The van der Waals surface area contributed by atoms with Gasteiger partial charge in [-0.15, -0.1) is 0 Å². The van der Waals surface area contributed by atoms with Crippen molar-refractivity contribution in [3.8, 4) is 0 Å². The van der Waals surface area contributed by atoms with Crippen LogP contribution in [0.15, 0.2) is 60.7 Å². The molecule has 3 N–H and O–H groups in total. The maximum absolute atomic E-state index is 12.0. The number of carbonyl (C=O) groups is 1. The Labute approximate surface area is 131 Å². The first-order valence-corrected chi connectivity index (χ1v) is 7.71. The molecule has 116 valence electrons. The zero-order valence-corrected chi connectivity index (χ0v) is 12.9. The Kier molecular flexibility index (Phi) is 5.34. The van der Waals surface area contributed by atoms with Crippen LogP contribution in [-0.2, 0) is 4.79 Å². The van der Waals surface area contributed by atoms with E-state index in [1.807, 2.05) is 67.6 Å². The molecule has 0 bridgehead atoms. The predicted octanol–water partition coefficient (Wildman–Crippen LogP) is 3.79. The Balaban J connectivity index is 2.54. The number of hydrogen-bond donors (Lipinski definition) is 2. The monoisotopic (exact) mass is 297 g/mol. The number of hydrogen-bond acceptors (Lipinski definition) is 2. The minimum absolute atomic E-state index is 0.362. The minimum Gasteiger partial charge on any atom is -0.480 e. The summed E-state index contributed by atoms with van der Waals surface area (Å²) in [7, 11) is 0. The lowest BCUT2D eigenvalue weighted by molar-refractivity contribution is -0.144. The fourth-order valence-electron chi connectivity index (χ4n) is 2.92. The van der Waals surface area contributed by atoms with Crippen LogP contribution in [0.4, 0.5) is 0 Å². The molecular weight excluding hydrogens is 274 g/mol. The van der Waals surface area contributed by atoms with E-state index in [2.05, 4.69) is 0 Å². The van der Waals surface area contributed by atoms with E-state index in [1.54, 1.807) is 0 Å². The Hall–Kier alpha value is -2.13. The molecular formula is C19H23NO2. The number of benzene rings is 2. The van der Waals surface area contributed by atoms with E-state index >= 15 is 0 Å². The van der Waals surface area contributed by atoms with Crippen LogP contribution in [0.25, 0.3) is 0 Å². The van der Waals surface area contributed by atoms with E-state index in [4.69, 9.17) is 5.73 Å². The Morgan fingerprint density at radius 2 is 1.50 bits per heavy atom. The lowest BCUT2D eigenvalue weighted by Gasteiger charge is -2.34. The van der Waals surface area contributed by atoms with E-state index < -0.39 is 11.5 Å². The van der Waals surface area contributed by atoms with Crippen molar-refractivity contribution in [2.75, 3.05) is 0 Å². The van der Waals surface area contributed by atoms with Crippen molar-refractivity contribution in [2.45, 2.75) is 37.6 Å². The molecule has 0 heterocycles. The van der Waals surface area contributed by atoms with Crippen molar-refractivity contribution in [1.82, 2.24) is 0 Å². The fourth-order valence-corrected chi connectivity index (χ4v) is 2.92. The van der Waals surface area contributed by atoms with Crippen LogP contribution in [0, 0.1) is 0 Å². The number of carboxylic acid groups (broad SMARTS) is 1. The highest BCUT2D eigenvalue weighted by molar-refractivity contribution is 5.81. The van der Waals surface area contributed by atoms with Gasteiger partial charge in [0.05, 0.1) is 0 Å². The summed E-state index contributed by atoms with van der Waals surface area (Å²) in [6, 6.07) is 19.4. The molecule has 0 spiro atoms. The van der Waals surface area contributed by atoms with Crippen molar-refractivity contribution in [3.63, 3.8) is 0 Å². The van der Waals surface area contributed by atoms with E-state index in [1.165, 1.54) is 0 Å². The normalized spacial score (nSPS) is 13.8. The van der Waals surface area contributed by atoms with Gasteiger partial charge in [0, 0.05) is 5.92 Å². The van der Waals surface area contributed by atoms with Crippen LogP contribution in [0.1, 0.15) is 43.2 Å². The van der Waals surface area contributed by atoms with Crippen LogP contribution in [-0.4, -0.2) is 16.6 Å². The molecule has 1 atom stereocenters. The molecule has 0 aromatic heterocycles. The van der Waals surface area contributed by atoms with Crippen molar-refractivity contribution < 1.29 is 9.90 Å². The van der Waals surface area contributed by atoms with Gasteiger partial charge in [0.15, 0.2) is 0 Å². The standard InChI is InChI=1S/C19H23NO2/c1-2-3-14-19(20,18(21)22)17(15-10-6-4-7-11-15)16-12-8-5-9-13-16/h4-13,17H,2-3,14,20H2,1H3,(H,21,22)/t19-/m0/s1. The van der Waals surface area contributed by atoms with E-state index in [9.17, 15) is 9.90 Å². The van der Waals surface area contributed by atoms with Gasteiger partial charge in [-0.05, 0) is 17.5 Å². The topological polar surface area (TPSA) is 63.3 Å². The molecule has 0 aliphatic heterocycles. The molecule has 3 nitrogen and oxygen atoms in total. The highest BCUT2D eigenvalue weighted by Gasteiger charge is 2.43. The maximum Gasteiger partial charge on any atom is 0.324 e. The lowest BCUT2D eigenvalue weighted by atomic mass is 9.73. The second kappa shape index (κ2) is 7.23. The summed E-state index contributed by atoms with van der Waals surface area (Å²) < 4.78 is 0. The van der Waals surface area contributed by atoms with E-state index in [0.29, 0.717) is 6.42 Å². The van der Waals surface area contributed by atoms with Crippen molar-refractivity contribution >= 4 is 5.97 Å². The minimum atomic E-state index is -1.31. The summed E-state index contributed by atoms with van der Waals surface area (Å²) in [5.41, 5.74) is 7.01. The molecule has 0 fully saturated rings. The third kappa shape index (κ3) is 3.37. The average molecular weight is 297 g/mol. The summed E-state index contributed by atoms with van der Waals surface area (Å²) in [4.78, 5) is 12.0. The Morgan fingerprint density at radius 1 is 1.05 bits per heavy atom. The molecule has 2 rings (SSSR count). The summed E-state index contributed by atoms with van der Waals surface area (Å²) >= 11 is 0. The van der Waals surface area contributed by atoms with Gasteiger partial charge in [-0.3, -0.25) is 4.79 Å².